The monoisotopic (exact) mass is 1120 g/mol. The lowest BCUT2D eigenvalue weighted by atomic mass is 10.0. The highest BCUT2D eigenvalue weighted by atomic mass is 31.2. The van der Waals surface area contributed by atoms with Crippen molar-refractivity contribution in [3.63, 3.8) is 0 Å². The molecule has 9 heteroatoms. The first-order valence-corrected chi connectivity index (χ1v) is 35.5. The number of aliphatic hydroxyl groups excluding tert-OH is 1. The molecule has 8 nitrogen and oxygen atoms in total. The summed E-state index contributed by atoms with van der Waals surface area (Å²) in [5, 5.41) is 14.0. The number of rotatable bonds is 63. The second kappa shape index (κ2) is 60.1. The van der Waals surface area contributed by atoms with Crippen molar-refractivity contribution in [2.24, 2.45) is 0 Å². The van der Waals surface area contributed by atoms with E-state index in [1.807, 2.05) is 27.2 Å². The van der Waals surface area contributed by atoms with Crippen LogP contribution in [0.4, 0.5) is 0 Å². The lowest BCUT2D eigenvalue weighted by Gasteiger charge is -2.25. The van der Waals surface area contributed by atoms with Gasteiger partial charge in [-0.1, -0.05) is 319 Å². The van der Waals surface area contributed by atoms with Crippen LogP contribution in [0, 0.1) is 0 Å². The lowest BCUT2D eigenvalue weighted by molar-refractivity contribution is -0.870. The van der Waals surface area contributed by atoms with Gasteiger partial charge in [0, 0.05) is 6.42 Å². The van der Waals surface area contributed by atoms with Crippen LogP contribution in [0.1, 0.15) is 335 Å². The molecule has 0 saturated carbocycles. The molecular weight excluding hydrogens is 984 g/mol. The van der Waals surface area contributed by atoms with Crippen molar-refractivity contribution >= 4 is 13.7 Å². The summed E-state index contributed by atoms with van der Waals surface area (Å²) in [5.74, 6) is -0.172. The maximum atomic E-state index is 13.0. The van der Waals surface area contributed by atoms with E-state index in [1.54, 1.807) is 6.08 Å². The fourth-order valence-electron chi connectivity index (χ4n) is 10.2. The second-order valence-electron chi connectivity index (χ2n) is 24.6. The molecule has 0 aliphatic heterocycles. The number of likely N-dealkylation sites (N-methyl/N-ethyl adjacent to an activating group) is 1. The van der Waals surface area contributed by atoms with Crippen LogP contribution in [0.5, 0.6) is 0 Å². The van der Waals surface area contributed by atoms with Crippen LogP contribution in [0.15, 0.2) is 48.6 Å². The molecule has 0 heterocycles. The molecule has 0 radical (unpaired) electrons. The molecule has 3 atom stereocenters. The fraction of sp³-hybridized carbons (Fsp3) is 0.870. The van der Waals surface area contributed by atoms with Crippen LogP contribution in [0.3, 0.4) is 0 Å². The molecule has 3 unspecified atom stereocenters. The van der Waals surface area contributed by atoms with Gasteiger partial charge in [-0.25, -0.2) is 4.57 Å². The molecule has 78 heavy (non-hydrogen) atoms. The normalized spacial score (nSPS) is 14.0. The quantitative estimate of drug-likeness (QED) is 0.0243. The van der Waals surface area contributed by atoms with Crippen LogP contribution in [-0.2, 0) is 18.4 Å². The fourth-order valence-corrected chi connectivity index (χ4v) is 11.0. The van der Waals surface area contributed by atoms with Crippen molar-refractivity contribution in [1.82, 2.24) is 5.32 Å². The third-order valence-electron chi connectivity index (χ3n) is 15.5. The van der Waals surface area contributed by atoms with Crippen LogP contribution in [-0.4, -0.2) is 73.4 Å². The number of unbranched alkanes of at least 4 members (excludes halogenated alkanes) is 44. The summed E-state index contributed by atoms with van der Waals surface area (Å²) in [6.45, 7) is 4.85. The van der Waals surface area contributed by atoms with Gasteiger partial charge in [-0.15, -0.1) is 0 Å². The minimum absolute atomic E-state index is 0.0622. The topological polar surface area (TPSA) is 105 Å². The number of hydrogen-bond acceptors (Lipinski definition) is 5. The molecule has 0 aromatic heterocycles. The average Bonchev–Trinajstić information content (AvgIpc) is 3.41. The molecule has 0 aromatic carbocycles. The van der Waals surface area contributed by atoms with Crippen LogP contribution >= 0.6 is 7.82 Å². The van der Waals surface area contributed by atoms with Crippen LogP contribution in [0.2, 0.25) is 0 Å². The van der Waals surface area contributed by atoms with E-state index in [9.17, 15) is 19.4 Å². The summed E-state index contributed by atoms with van der Waals surface area (Å²) in [7, 11) is 1.58. The van der Waals surface area contributed by atoms with Crippen LogP contribution < -0.4 is 5.32 Å². The Morgan fingerprint density at radius 3 is 1.06 bits per heavy atom. The minimum Gasteiger partial charge on any atom is -0.387 e. The standard InChI is InChI=1S/C69H133N2O6P/c1-6-8-10-12-14-16-18-20-22-24-26-28-30-32-33-34-35-36-37-39-41-43-45-47-49-51-53-55-57-59-61-63-69(73)70-67(66-77-78(74,75)76-65-64-71(3,4)5)68(72)62-60-58-56-54-52-50-48-46-44-42-40-38-31-29-27-25-23-21-19-17-15-13-11-9-7-2/h18,20,24,26,30,32,60,62,67-68,72H,6-17,19,21-23,25,27-29,31,33-59,61,63-66H2,1-5H3,(H-,70,73,74,75)/p+1/b20-18-,26-24-,32-30-,62-60+. The van der Waals surface area contributed by atoms with Gasteiger partial charge in [-0.3, -0.25) is 13.8 Å². The number of carbonyl (C=O) groups excluding carboxylic acids is 1. The van der Waals surface area contributed by atoms with E-state index in [0.29, 0.717) is 17.4 Å². The summed E-state index contributed by atoms with van der Waals surface area (Å²) < 4.78 is 23.8. The van der Waals surface area contributed by atoms with Crippen molar-refractivity contribution in [3.8, 4) is 0 Å². The maximum absolute atomic E-state index is 13.0. The van der Waals surface area contributed by atoms with Crippen molar-refractivity contribution in [1.29, 1.82) is 0 Å². The predicted octanol–water partition coefficient (Wildman–Crippen LogP) is 21.4. The predicted molar refractivity (Wildman–Crippen MR) is 341 cm³/mol. The summed E-state index contributed by atoms with van der Waals surface area (Å²) in [6, 6.07) is -0.848. The van der Waals surface area contributed by atoms with E-state index in [2.05, 4.69) is 55.6 Å². The van der Waals surface area contributed by atoms with Gasteiger partial charge in [0.2, 0.25) is 5.91 Å². The molecule has 0 aromatic rings. The van der Waals surface area contributed by atoms with E-state index >= 15 is 0 Å². The molecule has 3 N–H and O–H groups in total. The zero-order valence-corrected chi connectivity index (χ0v) is 53.6. The highest BCUT2D eigenvalue weighted by Crippen LogP contribution is 2.43. The molecule has 0 bridgehead atoms. The van der Waals surface area contributed by atoms with Gasteiger partial charge in [0.05, 0.1) is 39.9 Å². The van der Waals surface area contributed by atoms with E-state index in [4.69, 9.17) is 9.05 Å². The molecule has 0 fully saturated rings. The Kier molecular flexibility index (Phi) is 58.9. The number of carbonyl (C=O) groups is 1. The highest BCUT2D eigenvalue weighted by molar-refractivity contribution is 7.47. The van der Waals surface area contributed by atoms with E-state index in [1.165, 1.54) is 263 Å². The maximum Gasteiger partial charge on any atom is 0.472 e. The SMILES string of the molecule is CCCCCCC/C=C\C/C=C\C/C=C\CCCCCCCCCCCCCCCCCCC(=O)NC(COP(=O)(O)OCC[N+](C)(C)C)C(O)/C=C/CCCCCCCCCCCCCCCCCCCCCCCCC. The summed E-state index contributed by atoms with van der Waals surface area (Å²) in [6.07, 6.45) is 81.0. The highest BCUT2D eigenvalue weighted by Gasteiger charge is 2.28. The third-order valence-corrected chi connectivity index (χ3v) is 16.5. The number of nitrogens with one attached hydrogen (secondary N) is 1. The Balaban J connectivity index is 4.08. The molecule has 460 valence electrons. The number of hydrogen-bond donors (Lipinski definition) is 3. The number of amides is 1. The van der Waals surface area contributed by atoms with Crippen molar-refractivity contribution < 1.29 is 32.9 Å². The van der Waals surface area contributed by atoms with E-state index in [0.717, 1.165) is 51.4 Å². The zero-order valence-electron chi connectivity index (χ0n) is 52.7. The van der Waals surface area contributed by atoms with Crippen molar-refractivity contribution in [2.45, 2.75) is 347 Å². The molecule has 0 aliphatic carbocycles. The Morgan fingerprint density at radius 2 is 0.731 bits per heavy atom. The Bertz CT molecular complexity index is 1410. The first-order valence-electron chi connectivity index (χ1n) is 34.0. The Labute approximate surface area is 486 Å². The molecule has 0 saturated heterocycles. The van der Waals surface area contributed by atoms with Gasteiger partial charge < -0.3 is 19.8 Å². The number of phosphoric ester groups is 1. The molecule has 0 rings (SSSR count). The first kappa shape index (κ1) is 76.5. The second-order valence-corrected chi connectivity index (χ2v) is 26.0. The smallest absolute Gasteiger partial charge is 0.387 e. The first-order chi connectivity index (χ1) is 38.0. The molecule has 1 amide bonds. The summed E-state index contributed by atoms with van der Waals surface area (Å²) >= 11 is 0. The minimum atomic E-state index is -4.35. The van der Waals surface area contributed by atoms with Gasteiger partial charge >= 0.3 is 7.82 Å². The number of quaternary nitrogens is 1. The number of aliphatic hydroxyl groups is 1. The average molecular weight is 1120 g/mol. The summed E-state index contributed by atoms with van der Waals surface area (Å²) in [5.41, 5.74) is 0. The Morgan fingerprint density at radius 1 is 0.436 bits per heavy atom. The summed E-state index contributed by atoms with van der Waals surface area (Å²) in [4.78, 5) is 23.4. The van der Waals surface area contributed by atoms with Crippen molar-refractivity contribution in [2.75, 3.05) is 40.9 Å². The lowest BCUT2D eigenvalue weighted by Crippen LogP contribution is -2.45. The largest absolute Gasteiger partial charge is 0.472 e. The van der Waals surface area contributed by atoms with Gasteiger partial charge in [0.25, 0.3) is 0 Å². The number of allylic oxidation sites excluding steroid dienone is 7. The Hall–Kier alpha value is -1.54. The van der Waals surface area contributed by atoms with E-state index < -0.39 is 20.0 Å². The van der Waals surface area contributed by atoms with Crippen molar-refractivity contribution in [3.05, 3.63) is 48.6 Å². The zero-order chi connectivity index (χ0) is 57.0. The van der Waals surface area contributed by atoms with Gasteiger partial charge in [0.15, 0.2) is 0 Å². The van der Waals surface area contributed by atoms with Gasteiger partial charge in [-0.05, 0) is 57.8 Å². The molecule has 0 spiro atoms. The number of nitrogens with zero attached hydrogens (tertiary/aromatic N) is 1. The van der Waals surface area contributed by atoms with Crippen LogP contribution in [0.25, 0.3) is 0 Å². The number of phosphoric acid groups is 1. The van der Waals surface area contributed by atoms with Gasteiger partial charge in [0.1, 0.15) is 13.2 Å². The van der Waals surface area contributed by atoms with Gasteiger partial charge in [-0.2, -0.15) is 0 Å². The third kappa shape index (κ3) is 62.1. The molecular formula is C69H134N2O6P+. The molecule has 0 aliphatic rings. The van der Waals surface area contributed by atoms with E-state index in [-0.39, 0.29) is 19.1 Å².